The van der Waals surface area contributed by atoms with E-state index in [0.29, 0.717) is 0 Å². The summed E-state index contributed by atoms with van der Waals surface area (Å²) in [5.74, 6) is 0.816. The predicted octanol–water partition coefficient (Wildman–Crippen LogP) is 1.13. The number of hydrogen-bond acceptors (Lipinski definition) is 0. The molecule has 0 bridgehead atoms. The van der Waals surface area contributed by atoms with Crippen LogP contribution < -0.4 is 0 Å². The van der Waals surface area contributed by atoms with Gasteiger partial charge in [-0.25, -0.2) is 0 Å². The van der Waals surface area contributed by atoms with E-state index in [1.165, 1.54) is 7.28 Å². The third kappa shape index (κ3) is 4.35. The molecule has 0 saturated carbocycles. The predicted molar refractivity (Wildman–Crippen MR) is 28.5 cm³/mol. The van der Waals surface area contributed by atoms with E-state index in [2.05, 4.69) is 6.82 Å². The maximum atomic E-state index is 5.30. The zero-order valence-electron chi connectivity index (χ0n) is 3.50. The lowest BCUT2D eigenvalue weighted by Crippen LogP contribution is -1.77. The third-order valence-corrected chi connectivity index (χ3v) is 0.754. The first-order chi connectivity index (χ1) is 2.41. The normalized spacial score (nSPS) is 7.60. The zero-order valence-corrected chi connectivity index (χ0v) is 4.26. The van der Waals surface area contributed by atoms with Gasteiger partial charge in [0.05, 0.1) is 0 Å². The molecule has 0 aliphatic heterocycles. The Morgan fingerprint density at radius 3 is 2.40 bits per heavy atom. The van der Waals surface area contributed by atoms with Crippen LogP contribution in [-0.4, -0.2) is 13.2 Å². The van der Waals surface area contributed by atoms with Crippen molar-refractivity contribution in [1.29, 1.82) is 0 Å². The summed E-state index contributed by atoms with van der Waals surface area (Å²) < 4.78 is 0. The Morgan fingerprint density at radius 1 is 1.80 bits per heavy atom. The van der Waals surface area contributed by atoms with Crippen LogP contribution in [0.2, 0.25) is 13.1 Å². The summed E-state index contributed by atoms with van der Waals surface area (Å²) in [4.78, 5) is 0. The van der Waals surface area contributed by atoms with Crippen molar-refractivity contribution < 1.29 is 0 Å². The fraction of sp³-hybridized carbons (Fsp3) is 1.00. The Morgan fingerprint density at radius 2 is 2.40 bits per heavy atom. The van der Waals surface area contributed by atoms with E-state index < -0.39 is 0 Å². The molecule has 0 amide bonds. The first kappa shape index (κ1) is 5.35. The van der Waals surface area contributed by atoms with Gasteiger partial charge in [0.15, 0.2) is 0 Å². The molecule has 0 atom stereocenters. The van der Waals surface area contributed by atoms with E-state index in [1.54, 1.807) is 0 Å². The Kier molecular flexibility index (Phi) is 4.66. The van der Waals surface area contributed by atoms with Crippen LogP contribution in [0.4, 0.5) is 0 Å². The van der Waals surface area contributed by atoms with E-state index in [4.69, 9.17) is 11.6 Å². The lowest BCUT2D eigenvalue weighted by atomic mass is 9.79. The van der Waals surface area contributed by atoms with Gasteiger partial charge in [0.1, 0.15) is 7.28 Å². The highest BCUT2D eigenvalue weighted by atomic mass is 35.5. The molecule has 0 unspecified atom stereocenters. The largest absolute Gasteiger partial charge is 0.127 e. The molecule has 5 heavy (non-hydrogen) atoms. The summed E-state index contributed by atoms with van der Waals surface area (Å²) in [6.45, 7) is 2.13. The SMILES string of the molecule is CBCCCl. The highest BCUT2D eigenvalue weighted by Crippen LogP contribution is 1.79. The van der Waals surface area contributed by atoms with E-state index in [0.717, 1.165) is 12.2 Å². The van der Waals surface area contributed by atoms with Crippen LogP contribution in [0.1, 0.15) is 0 Å². The highest BCUT2D eigenvalue weighted by Gasteiger charge is 1.73. The van der Waals surface area contributed by atoms with Gasteiger partial charge in [0.2, 0.25) is 0 Å². The second-order valence-corrected chi connectivity index (χ2v) is 1.42. The second kappa shape index (κ2) is 4.35. The average Bonchev–Trinajstić information content (AvgIpc) is 1.41. The minimum Gasteiger partial charge on any atom is -0.127 e. The summed E-state index contributed by atoms with van der Waals surface area (Å²) in [7, 11) is 1.21. The molecule has 0 spiro atoms. The van der Waals surface area contributed by atoms with E-state index in [9.17, 15) is 0 Å². The fourth-order valence-corrected chi connectivity index (χ4v) is 0.401. The number of rotatable bonds is 2. The molecule has 0 nitrogen and oxygen atoms in total. The van der Waals surface area contributed by atoms with Crippen molar-refractivity contribution in [3.05, 3.63) is 0 Å². The van der Waals surface area contributed by atoms with Crippen LogP contribution in [0.3, 0.4) is 0 Å². The molecule has 0 saturated heterocycles. The summed E-state index contributed by atoms with van der Waals surface area (Å²) in [5, 5.41) is 0. The van der Waals surface area contributed by atoms with Crippen LogP contribution in [-0.2, 0) is 0 Å². The molecule has 0 heterocycles. The monoisotopic (exact) mass is 90.0 g/mol. The van der Waals surface area contributed by atoms with Crippen LogP contribution in [0.15, 0.2) is 0 Å². The molecule has 0 aromatic carbocycles. The molecular formula is C3H8BCl. The summed E-state index contributed by atoms with van der Waals surface area (Å²) in [6.07, 6.45) is 1.15. The summed E-state index contributed by atoms with van der Waals surface area (Å²) in [6, 6.07) is 0. The van der Waals surface area contributed by atoms with Crippen molar-refractivity contribution in [2.75, 3.05) is 5.88 Å². The van der Waals surface area contributed by atoms with Crippen molar-refractivity contribution in [3.63, 3.8) is 0 Å². The molecule has 2 heteroatoms. The summed E-state index contributed by atoms with van der Waals surface area (Å²) >= 11 is 5.30. The molecule has 0 rings (SSSR count). The number of hydrogen-bond donors (Lipinski definition) is 0. The van der Waals surface area contributed by atoms with E-state index in [1.807, 2.05) is 0 Å². The van der Waals surface area contributed by atoms with Crippen molar-refractivity contribution in [2.45, 2.75) is 13.1 Å². The van der Waals surface area contributed by atoms with Gasteiger partial charge in [0.25, 0.3) is 0 Å². The number of alkyl halides is 1. The van der Waals surface area contributed by atoms with Crippen LogP contribution >= 0.6 is 11.6 Å². The Bertz CT molecular complexity index is 14.4. The van der Waals surface area contributed by atoms with Crippen LogP contribution in [0.5, 0.6) is 0 Å². The van der Waals surface area contributed by atoms with Crippen molar-refractivity contribution >= 4 is 18.9 Å². The smallest absolute Gasteiger partial charge is 0.118 e. The molecule has 0 aliphatic rings. The van der Waals surface area contributed by atoms with Gasteiger partial charge in [-0.2, -0.15) is 0 Å². The highest BCUT2D eigenvalue weighted by molar-refractivity contribution is 6.36. The standard InChI is InChI=1S/C3H8BCl/c1-4-2-3-5/h4H,2-3H2,1H3. The topological polar surface area (TPSA) is 0 Å². The Labute approximate surface area is 38.8 Å². The molecule has 0 aromatic heterocycles. The second-order valence-electron chi connectivity index (χ2n) is 1.04. The fourth-order valence-electron chi connectivity index (χ4n) is 0.134. The quantitative estimate of drug-likeness (QED) is 0.352. The lowest BCUT2D eigenvalue weighted by Gasteiger charge is -1.74. The van der Waals surface area contributed by atoms with Gasteiger partial charge < -0.3 is 0 Å². The Hall–Kier alpha value is 0.355. The van der Waals surface area contributed by atoms with Gasteiger partial charge in [-0.3, -0.25) is 0 Å². The first-order valence-corrected chi connectivity index (χ1v) is 2.51. The molecular weight excluding hydrogens is 82.3 g/mol. The maximum Gasteiger partial charge on any atom is 0.118 e. The molecule has 30 valence electrons. The summed E-state index contributed by atoms with van der Waals surface area (Å²) in [5.41, 5.74) is 0. The zero-order chi connectivity index (χ0) is 4.12. The maximum absolute atomic E-state index is 5.30. The van der Waals surface area contributed by atoms with Gasteiger partial charge in [-0.05, 0) is 0 Å². The third-order valence-electron chi connectivity index (χ3n) is 0.487. The average molecular weight is 90.4 g/mol. The molecule has 0 radical (unpaired) electrons. The molecule has 0 N–H and O–H groups in total. The van der Waals surface area contributed by atoms with E-state index >= 15 is 0 Å². The van der Waals surface area contributed by atoms with E-state index in [-0.39, 0.29) is 0 Å². The van der Waals surface area contributed by atoms with Gasteiger partial charge >= 0.3 is 0 Å². The van der Waals surface area contributed by atoms with Gasteiger partial charge in [-0.15, -0.1) is 11.6 Å². The van der Waals surface area contributed by atoms with Crippen molar-refractivity contribution in [3.8, 4) is 0 Å². The van der Waals surface area contributed by atoms with Gasteiger partial charge in [0, 0.05) is 5.88 Å². The van der Waals surface area contributed by atoms with Crippen molar-refractivity contribution in [2.24, 2.45) is 0 Å². The lowest BCUT2D eigenvalue weighted by molar-refractivity contribution is 1.46. The Balaban J connectivity index is 2.19. The van der Waals surface area contributed by atoms with Crippen LogP contribution in [0.25, 0.3) is 0 Å². The first-order valence-electron chi connectivity index (χ1n) is 1.97. The van der Waals surface area contributed by atoms with Gasteiger partial charge in [-0.1, -0.05) is 13.1 Å². The molecule has 0 fully saturated rings. The number of halogens is 1. The minimum absolute atomic E-state index is 0.816. The minimum atomic E-state index is 0.816. The molecule has 0 aliphatic carbocycles. The van der Waals surface area contributed by atoms with Crippen LogP contribution in [0, 0.1) is 0 Å². The van der Waals surface area contributed by atoms with Crippen molar-refractivity contribution in [1.82, 2.24) is 0 Å². The molecule has 0 aromatic rings.